The van der Waals surface area contributed by atoms with Crippen molar-refractivity contribution in [2.45, 2.75) is 6.42 Å². The Morgan fingerprint density at radius 2 is 1.85 bits per heavy atom. The molecule has 2 rings (SSSR count). The molecule has 0 saturated heterocycles. The molecule has 0 aliphatic carbocycles. The summed E-state index contributed by atoms with van der Waals surface area (Å²) >= 11 is 0. The van der Waals surface area contributed by atoms with Gasteiger partial charge in [0.05, 0.1) is 21.3 Å². The Hall–Kier alpha value is -3.02. The number of ether oxygens (including phenoxy) is 3. The zero-order valence-electron chi connectivity index (χ0n) is 15.6. The Morgan fingerprint density at radius 3 is 2.38 bits per heavy atom. The molecule has 2 aromatic rings. The fraction of sp³-hybridized carbons (Fsp3) is 0.300. The number of carbonyl (C=O) groups is 1. The molecule has 138 valence electrons. The summed E-state index contributed by atoms with van der Waals surface area (Å²) < 4.78 is 16.0. The SMILES string of the molecule is COc1cc(CCN(C)C(=O)/C=C/c2cccnc2)cc(OC)c1OC. The van der Waals surface area contributed by atoms with Gasteiger partial charge in [-0.2, -0.15) is 0 Å². The highest BCUT2D eigenvalue weighted by Gasteiger charge is 2.14. The van der Waals surface area contributed by atoms with Crippen LogP contribution in [-0.2, 0) is 11.2 Å². The average molecular weight is 356 g/mol. The zero-order valence-corrected chi connectivity index (χ0v) is 15.6. The molecule has 0 aliphatic heterocycles. The number of nitrogens with zero attached hydrogens (tertiary/aromatic N) is 2. The highest BCUT2D eigenvalue weighted by Crippen LogP contribution is 2.38. The molecular formula is C20H24N2O4. The van der Waals surface area contributed by atoms with Crippen molar-refractivity contribution in [2.24, 2.45) is 0 Å². The van der Waals surface area contributed by atoms with Crippen LogP contribution in [0.25, 0.3) is 6.08 Å². The van der Waals surface area contributed by atoms with Crippen molar-refractivity contribution in [2.75, 3.05) is 34.9 Å². The van der Waals surface area contributed by atoms with Crippen LogP contribution in [0.15, 0.2) is 42.7 Å². The standard InChI is InChI=1S/C20H24N2O4/c1-22(19(23)8-7-15-6-5-10-21-14-15)11-9-16-12-17(24-2)20(26-4)18(13-16)25-3/h5-8,10,12-14H,9,11H2,1-4H3/b8-7+. The van der Waals surface area contributed by atoms with Crippen molar-refractivity contribution in [3.63, 3.8) is 0 Å². The Balaban J connectivity index is 2.01. The maximum absolute atomic E-state index is 12.2. The summed E-state index contributed by atoms with van der Waals surface area (Å²) in [6, 6.07) is 7.52. The van der Waals surface area contributed by atoms with Gasteiger partial charge in [0, 0.05) is 32.1 Å². The minimum absolute atomic E-state index is 0.0682. The van der Waals surface area contributed by atoms with Crippen molar-refractivity contribution >= 4 is 12.0 Å². The van der Waals surface area contributed by atoms with E-state index in [0.717, 1.165) is 11.1 Å². The summed E-state index contributed by atoms with van der Waals surface area (Å²) in [5, 5.41) is 0. The van der Waals surface area contributed by atoms with Gasteiger partial charge in [0.15, 0.2) is 11.5 Å². The minimum Gasteiger partial charge on any atom is -0.493 e. The van der Waals surface area contributed by atoms with Crippen molar-refractivity contribution < 1.29 is 19.0 Å². The number of aromatic nitrogens is 1. The second-order valence-electron chi connectivity index (χ2n) is 5.66. The van der Waals surface area contributed by atoms with Gasteiger partial charge in [-0.1, -0.05) is 6.07 Å². The van der Waals surface area contributed by atoms with E-state index < -0.39 is 0 Å². The van der Waals surface area contributed by atoms with Crippen LogP contribution >= 0.6 is 0 Å². The lowest BCUT2D eigenvalue weighted by molar-refractivity contribution is -0.124. The highest BCUT2D eigenvalue weighted by atomic mass is 16.5. The quantitative estimate of drug-likeness (QED) is 0.681. The number of hydrogen-bond donors (Lipinski definition) is 0. The van der Waals surface area contributed by atoms with Crippen LogP contribution in [0, 0.1) is 0 Å². The van der Waals surface area contributed by atoms with Crippen LogP contribution in [0.4, 0.5) is 0 Å². The smallest absolute Gasteiger partial charge is 0.246 e. The molecule has 1 amide bonds. The molecule has 6 nitrogen and oxygen atoms in total. The van der Waals surface area contributed by atoms with E-state index in [1.54, 1.807) is 57.8 Å². The summed E-state index contributed by atoms with van der Waals surface area (Å²) in [4.78, 5) is 17.9. The number of amides is 1. The minimum atomic E-state index is -0.0682. The first kappa shape index (κ1) is 19.3. The second kappa shape index (κ2) is 9.46. The Morgan fingerprint density at radius 1 is 1.15 bits per heavy atom. The fourth-order valence-electron chi connectivity index (χ4n) is 2.46. The number of likely N-dealkylation sites (N-methyl/N-ethyl adjacent to an activating group) is 1. The summed E-state index contributed by atoms with van der Waals surface area (Å²) in [6.07, 6.45) is 7.37. The van der Waals surface area contributed by atoms with Gasteiger partial charge in [0.25, 0.3) is 0 Å². The second-order valence-corrected chi connectivity index (χ2v) is 5.66. The van der Waals surface area contributed by atoms with Crippen LogP contribution < -0.4 is 14.2 Å². The number of carbonyl (C=O) groups excluding carboxylic acids is 1. The molecule has 6 heteroatoms. The van der Waals surface area contributed by atoms with Crippen molar-refractivity contribution in [1.29, 1.82) is 0 Å². The molecule has 0 N–H and O–H groups in total. The molecule has 1 heterocycles. The lowest BCUT2D eigenvalue weighted by Crippen LogP contribution is -2.27. The van der Waals surface area contributed by atoms with Crippen molar-refractivity contribution in [3.05, 3.63) is 53.9 Å². The molecule has 0 spiro atoms. The van der Waals surface area contributed by atoms with Crippen molar-refractivity contribution in [1.82, 2.24) is 9.88 Å². The van der Waals surface area contributed by atoms with Crippen LogP contribution in [-0.4, -0.2) is 50.7 Å². The molecule has 0 atom stereocenters. The van der Waals surface area contributed by atoms with Crippen LogP contribution in [0.2, 0.25) is 0 Å². The third-order valence-corrected chi connectivity index (χ3v) is 3.94. The van der Waals surface area contributed by atoms with E-state index >= 15 is 0 Å². The monoisotopic (exact) mass is 356 g/mol. The van der Waals surface area contributed by atoms with Crippen LogP contribution in [0.3, 0.4) is 0 Å². The number of hydrogen-bond acceptors (Lipinski definition) is 5. The fourth-order valence-corrected chi connectivity index (χ4v) is 2.46. The van der Waals surface area contributed by atoms with Gasteiger partial charge in [-0.15, -0.1) is 0 Å². The predicted octanol–water partition coefficient (Wildman–Crippen LogP) is 2.82. The van der Waals surface area contributed by atoms with E-state index in [0.29, 0.717) is 30.2 Å². The zero-order chi connectivity index (χ0) is 18.9. The van der Waals surface area contributed by atoms with Gasteiger partial charge in [0.1, 0.15) is 0 Å². The molecule has 0 bridgehead atoms. The molecular weight excluding hydrogens is 332 g/mol. The molecule has 1 aromatic carbocycles. The van der Waals surface area contributed by atoms with Gasteiger partial charge in [0.2, 0.25) is 11.7 Å². The number of rotatable bonds is 8. The summed E-state index contributed by atoms with van der Waals surface area (Å²) in [6.45, 7) is 0.564. The van der Waals surface area contributed by atoms with E-state index in [-0.39, 0.29) is 5.91 Å². The molecule has 0 aliphatic rings. The Kier molecular flexibility index (Phi) is 7.02. The molecule has 26 heavy (non-hydrogen) atoms. The van der Waals surface area contributed by atoms with E-state index in [4.69, 9.17) is 14.2 Å². The van der Waals surface area contributed by atoms with E-state index in [2.05, 4.69) is 4.98 Å². The lowest BCUT2D eigenvalue weighted by atomic mass is 10.1. The largest absolute Gasteiger partial charge is 0.493 e. The maximum Gasteiger partial charge on any atom is 0.246 e. The van der Waals surface area contributed by atoms with Crippen molar-refractivity contribution in [3.8, 4) is 17.2 Å². The first-order valence-electron chi connectivity index (χ1n) is 8.21. The first-order chi connectivity index (χ1) is 12.6. The highest BCUT2D eigenvalue weighted by molar-refractivity contribution is 5.91. The number of methoxy groups -OCH3 is 3. The van der Waals surface area contributed by atoms with Crippen LogP contribution in [0.5, 0.6) is 17.2 Å². The molecule has 0 radical (unpaired) electrons. The summed E-state index contributed by atoms with van der Waals surface area (Å²) in [5.74, 6) is 1.70. The average Bonchev–Trinajstić information content (AvgIpc) is 2.69. The third-order valence-electron chi connectivity index (χ3n) is 3.94. The van der Waals surface area contributed by atoms with Gasteiger partial charge >= 0.3 is 0 Å². The normalized spacial score (nSPS) is 10.6. The van der Waals surface area contributed by atoms with Gasteiger partial charge in [-0.3, -0.25) is 9.78 Å². The Labute approximate surface area is 154 Å². The number of pyridine rings is 1. The topological polar surface area (TPSA) is 60.9 Å². The first-order valence-corrected chi connectivity index (χ1v) is 8.21. The lowest BCUT2D eigenvalue weighted by Gasteiger charge is -2.17. The van der Waals surface area contributed by atoms with E-state index in [9.17, 15) is 4.79 Å². The molecule has 0 fully saturated rings. The Bertz CT molecular complexity index is 735. The van der Waals surface area contributed by atoms with Gasteiger partial charge in [-0.25, -0.2) is 0 Å². The maximum atomic E-state index is 12.2. The molecule has 1 aromatic heterocycles. The van der Waals surface area contributed by atoms with Gasteiger partial charge < -0.3 is 19.1 Å². The molecule has 0 saturated carbocycles. The molecule has 0 unspecified atom stereocenters. The summed E-state index contributed by atoms with van der Waals surface area (Å²) in [5.41, 5.74) is 1.88. The van der Waals surface area contributed by atoms with Gasteiger partial charge in [-0.05, 0) is 41.8 Å². The summed E-state index contributed by atoms with van der Waals surface area (Å²) in [7, 11) is 6.51. The number of benzene rings is 1. The third kappa shape index (κ3) is 4.99. The van der Waals surface area contributed by atoms with Crippen LogP contribution in [0.1, 0.15) is 11.1 Å². The van der Waals surface area contributed by atoms with E-state index in [1.807, 2.05) is 24.3 Å². The predicted molar refractivity (Wildman–Crippen MR) is 101 cm³/mol. The van der Waals surface area contributed by atoms with E-state index in [1.165, 1.54) is 0 Å².